The van der Waals surface area contributed by atoms with Crippen LogP contribution in [0.1, 0.15) is 44.9 Å². The van der Waals surface area contributed by atoms with E-state index < -0.39 is 6.10 Å². The smallest absolute Gasteiger partial charge is 0.223 e. The van der Waals surface area contributed by atoms with Gasteiger partial charge in [-0.15, -0.1) is 0 Å². The summed E-state index contributed by atoms with van der Waals surface area (Å²) in [6, 6.07) is 2.02. The Morgan fingerprint density at radius 1 is 1.32 bits per heavy atom. The van der Waals surface area contributed by atoms with Crippen molar-refractivity contribution in [2.24, 2.45) is 17.3 Å². The Hall–Kier alpha value is -2.15. The number of hydrogen-bond acceptors (Lipinski definition) is 5. The van der Waals surface area contributed by atoms with E-state index in [1.165, 1.54) is 12.8 Å². The van der Waals surface area contributed by atoms with Gasteiger partial charge in [-0.25, -0.2) is 9.97 Å². The number of aromatic amines is 1. The minimum Gasteiger partial charge on any atom is -0.391 e. The van der Waals surface area contributed by atoms with Gasteiger partial charge in [-0.3, -0.25) is 4.79 Å². The average molecular weight is 383 g/mol. The Labute approximate surface area is 164 Å². The van der Waals surface area contributed by atoms with Crippen LogP contribution in [0, 0.1) is 17.3 Å². The second-order valence-corrected chi connectivity index (χ2v) is 8.92. The predicted octanol–water partition coefficient (Wildman–Crippen LogP) is 2.23. The number of carbonyl (C=O) groups excluding carboxylic acids is 1. The Bertz CT molecular complexity index is 855. The second kappa shape index (κ2) is 7.03. The van der Waals surface area contributed by atoms with Gasteiger partial charge in [0.25, 0.3) is 0 Å². The van der Waals surface area contributed by atoms with Gasteiger partial charge >= 0.3 is 0 Å². The molecule has 3 aliphatic rings. The van der Waals surface area contributed by atoms with E-state index in [0.29, 0.717) is 12.5 Å². The molecule has 1 saturated heterocycles. The molecule has 28 heavy (non-hydrogen) atoms. The van der Waals surface area contributed by atoms with E-state index in [1.54, 1.807) is 6.33 Å². The third-order valence-electron chi connectivity index (χ3n) is 7.20. The van der Waals surface area contributed by atoms with Gasteiger partial charge in [-0.05, 0) is 49.5 Å². The third-order valence-corrected chi connectivity index (χ3v) is 7.20. The first-order chi connectivity index (χ1) is 13.7. The minimum absolute atomic E-state index is 0.0445. The van der Waals surface area contributed by atoms with E-state index in [-0.39, 0.29) is 17.2 Å². The van der Waals surface area contributed by atoms with Gasteiger partial charge in [0.05, 0.1) is 11.5 Å². The van der Waals surface area contributed by atoms with Crippen molar-refractivity contribution in [3.8, 4) is 0 Å². The Kier molecular flexibility index (Phi) is 4.50. The summed E-state index contributed by atoms with van der Waals surface area (Å²) in [5.41, 5.74) is 0.921. The maximum atomic E-state index is 12.9. The molecule has 2 aromatic heterocycles. The Morgan fingerprint density at radius 2 is 2.14 bits per heavy atom. The van der Waals surface area contributed by atoms with Crippen molar-refractivity contribution in [2.75, 3.05) is 24.5 Å². The number of piperidine rings is 1. The lowest BCUT2D eigenvalue weighted by atomic mass is 9.81. The fraction of sp³-hybridized carbons (Fsp3) is 0.667. The highest BCUT2D eigenvalue weighted by atomic mass is 16.3. The first-order valence-electron chi connectivity index (χ1n) is 10.7. The predicted molar refractivity (Wildman–Crippen MR) is 107 cm³/mol. The highest BCUT2D eigenvalue weighted by molar-refractivity contribution is 5.87. The molecule has 0 radical (unpaired) electrons. The van der Waals surface area contributed by atoms with Crippen LogP contribution in [-0.4, -0.2) is 51.7 Å². The number of nitrogens with one attached hydrogen (secondary N) is 2. The van der Waals surface area contributed by atoms with Crippen LogP contribution >= 0.6 is 0 Å². The molecule has 7 heteroatoms. The quantitative estimate of drug-likeness (QED) is 0.736. The van der Waals surface area contributed by atoms with Crippen LogP contribution in [-0.2, 0) is 4.79 Å². The van der Waals surface area contributed by atoms with Gasteiger partial charge in [0.15, 0.2) is 0 Å². The van der Waals surface area contributed by atoms with Crippen molar-refractivity contribution >= 4 is 22.8 Å². The van der Waals surface area contributed by atoms with Crippen LogP contribution in [0.4, 0.5) is 5.82 Å². The van der Waals surface area contributed by atoms with Crippen LogP contribution in [0.15, 0.2) is 18.6 Å². The SMILES string of the molecule is O=C(NC[C@H](O)C1CCCC1)C1CCN(c2ncnc3[nH]ccc23)CC12CC2. The normalized spacial score (nSPS) is 25.3. The van der Waals surface area contributed by atoms with E-state index in [9.17, 15) is 9.90 Å². The van der Waals surface area contributed by atoms with Crippen LogP contribution in [0.5, 0.6) is 0 Å². The van der Waals surface area contributed by atoms with Gasteiger partial charge in [-0.1, -0.05) is 12.8 Å². The lowest BCUT2D eigenvalue weighted by Crippen LogP contribution is -2.49. The first-order valence-corrected chi connectivity index (χ1v) is 10.7. The number of amides is 1. The summed E-state index contributed by atoms with van der Waals surface area (Å²) in [6.07, 6.45) is 10.7. The topological polar surface area (TPSA) is 94.1 Å². The molecule has 3 fully saturated rings. The maximum Gasteiger partial charge on any atom is 0.223 e. The molecule has 1 aliphatic heterocycles. The van der Waals surface area contributed by atoms with Crippen LogP contribution < -0.4 is 10.2 Å². The molecule has 150 valence electrons. The standard InChI is InChI=1S/C21H29N5O2/c27-17(14-3-1-2-4-14)11-23-20(28)16-6-10-26(12-21(16)7-8-21)19-15-5-9-22-18(15)24-13-25-19/h5,9,13-14,16-17,27H,1-4,6-8,10-12H2,(H,23,28)(H,22,24,25)/t16?,17-/m0/s1. The zero-order chi connectivity index (χ0) is 19.1. The van der Waals surface area contributed by atoms with Crippen molar-refractivity contribution < 1.29 is 9.90 Å². The number of aliphatic hydroxyl groups excluding tert-OH is 1. The van der Waals surface area contributed by atoms with Crippen molar-refractivity contribution in [1.29, 1.82) is 0 Å². The molecule has 2 aliphatic carbocycles. The monoisotopic (exact) mass is 383 g/mol. The Morgan fingerprint density at radius 3 is 2.93 bits per heavy atom. The summed E-state index contributed by atoms with van der Waals surface area (Å²) >= 11 is 0. The Balaban J connectivity index is 1.24. The fourth-order valence-corrected chi connectivity index (χ4v) is 5.37. The van der Waals surface area contributed by atoms with Gasteiger partial charge < -0.3 is 20.3 Å². The molecule has 0 bridgehead atoms. The number of anilines is 1. The molecule has 2 saturated carbocycles. The van der Waals surface area contributed by atoms with Crippen LogP contribution in [0.25, 0.3) is 11.0 Å². The van der Waals surface area contributed by atoms with Gasteiger partial charge in [0.2, 0.25) is 5.91 Å². The number of aliphatic hydroxyl groups is 1. The lowest BCUT2D eigenvalue weighted by Gasteiger charge is -2.39. The lowest BCUT2D eigenvalue weighted by molar-refractivity contribution is -0.128. The van der Waals surface area contributed by atoms with Crippen molar-refractivity contribution in [2.45, 2.75) is 51.0 Å². The van der Waals surface area contributed by atoms with E-state index in [2.05, 4.69) is 25.2 Å². The summed E-state index contributed by atoms with van der Waals surface area (Å²) < 4.78 is 0. The third kappa shape index (κ3) is 3.15. The number of rotatable bonds is 5. The van der Waals surface area contributed by atoms with Gasteiger partial charge in [0.1, 0.15) is 17.8 Å². The highest BCUT2D eigenvalue weighted by Gasteiger charge is 2.55. The highest BCUT2D eigenvalue weighted by Crippen LogP contribution is 2.56. The molecule has 3 N–H and O–H groups in total. The van der Waals surface area contributed by atoms with Gasteiger partial charge in [-0.2, -0.15) is 0 Å². The summed E-state index contributed by atoms with van der Waals surface area (Å²) in [4.78, 5) is 27.2. The molecule has 0 aromatic carbocycles. The number of carbonyl (C=O) groups is 1. The van der Waals surface area contributed by atoms with E-state index in [4.69, 9.17) is 0 Å². The van der Waals surface area contributed by atoms with Crippen molar-refractivity contribution in [3.63, 3.8) is 0 Å². The molecule has 1 amide bonds. The molecule has 2 aromatic rings. The van der Waals surface area contributed by atoms with E-state index >= 15 is 0 Å². The molecule has 2 atom stereocenters. The molecule has 1 unspecified atom stereocenters. The number of aromatic nitrogens is 3. The molecule has 7 nitrogen and oxygen atoms in total. The second-order valence-electron chi connectivity index (χ2n) is 8.92. The van der Waals surface area contributed by atoms with E-state index in [1.807, 2.05) is 12.3 Å². The number of H-pyrrole nitrogens is 1. The molecule has 5 rings (SSSR count). The molecular formula is C21H29N5O2. The zero-order valence-electron chi connectivity index (χ0n) is 16.2. The van der Waals surface area contributed by atoms with Crippen molar-refractivity contribution in [3.05, 3.63) is 18.6 Å². The summed E-state index contributed by atoms with van der Waals surface area (Å²) in [5.74, 6) is 1.50. The van der Waals surface area contributed by atoms with Gasteiger partial charge in [0, 0.05) is 31.7 Å². The largest absolute Gasteiger partial charge is 0.391 e. The summed E-state index contributed by atoms with van der Waals surface area (Å²) in [7, 11) is 0. The van der Waals surface area contributed by atoms with Crippen molar-refractivity contribution in [1.82, 2.24) is 20.3 Å². The first kappa shape index (κ1) is 17.9. The van der Waals surface area contributed by atoms with Crippen LogP contribution in [0.2, 0.25) is 0 Å². The zero-order valence-corrected chi connectivity index (χ0v) is 16.2. The average Bonchev–Trinajstić information content (AvgIpc) is 3.15. The molecule has 1 spiro atoms. The molecular weight excluding hydrogens is 354 g/mol. The number of nitrogens with zero attached hydrogens (tertiary/aromatic N) is 3. The van der Waals surface area contributed by atoms with Crippen LogP contribution in [0.3, 0.4) is 0 Å². The maximum absolute atomic E-state index is 12.9. The minimum atomic E-state index is -0.399. The summed E-state index contributed by atoms with van der Waals surface area (Å²) in [6.45, 7) is 2.09. The number of hydrogen-bond donors (Lipinski definition) is 3. The molecule has 3 heterocycles. The number of fused-ring (bicyclic) bond motifs is 1. The fourth-order valence-electron chi connectivity index (χ4n) is 5.37. The van der Waals surface area contributed by atoms with E-state index in [0.717, 1.165) is 62.0 Å². The summed E-state index contributed by atoms with van der Waals surface area (Å²) in [5, 5.41) is 14.5.